The molecule has 3 aromatic rings. The van der Waals surface area contributed by atoms with Crippen molar-refractivity contribution >= 4 is 19.7 Å². The van der Waals surface area contributed by atoms with E-state index in [1.165, 1.54) is 0 Å². The van der Waals surface area contributed by atoms with Gasteiger partial charge < -0.3 is 22.2 Å². The van der Waals surface area contributed by atoms with Gasteiger partial charge in [-0.3, -0.25) is 0 Å². The summed E-state index contributed by atoms with van der Waals surface area (Å²) in [6.45, 7) is 3.35. The predicted octanol–water partition coefficient (Wildman–Crippen LogP) is 6.45. The Morgan fingerprint density at radius 2 is 1.54 bits per heavy atom. The van der Waals surface area contributed by atoms with E-state index < -0.39 is 16.1 Å². The van der Waals surface area contributed by atoms with E-state index in [-0.39, 0.29) is 24.5 Å². The minimum atomic E-state index is -3.86. The van der Waals surface area contributed by atoms with E-state index in [0.29, 0.717) is 6.54 Å². The molecule has 0 aliphatic carbocycles. The van der Waals surface area contributed by atoms with Gasteiger partial charge in [-0.15, -0.1) is 0 Å². The van der Waals surface area contributed by atoms with Gasteiger partial charge in [0.25, 0.3) is 0 Å². The first-order valence-corrected chi connectivity index (χ1v) is 14.8. The van der Waals surface area contributed by atoms with Crippen molar-refractivity contribution in [3.63, 3.8) is 0 Å². The molecule has 8 heteroatoms. The summed E-state index contributed by atoms with van der Waals surface area (Å²) in [6.07, 6.45) is 2.19. The molecule has 0 amide bonds. The van der Waals surface area contributed by atoms with E-state index in [1.54, 1.807) is 24.3 Å². The molecule has 0 saturated carbocycles. The molecule has 1 aliphatic rings. The zero-order valence-electron chi connectivity index (χ0n) is 20.0. The molecule has 1 N–H and O–H groups in total. The summed E-state index contributed by atoms with van der Waals surface area (Å²) in [4.78, 5) is 0.204. The van der Waals surface area contributed by atoms with Gasteiger partial charge in [0.15, 0.2) is 0 Å². The predicted molar refractivity (Wildman–Crippen MR) is 139 cm³/mol. The zero-order chi connectivity index (χ0) is 24.4. The third kappa shape index (κ3) is 8.49. The van der Waals surface area contributed by atoms with Crippen molar-refractivity contribution in [1.82, 2.24) is 5.32 Å². The molecule has 1 saturated heterocycles. The van der Waals surface area contributed by atoms with Gasteiger partial charge in [0.05, 0.1) is 6.10 Å². The van der Waals surface area contributed by atoms with Crippen LogP contribution in [0.15, 0.2) is 89.8 Å². The number of hydrogen-bond acceptors (Lipinski definition) is 4. The van der Waals surface area contributed by atoms with Crippen LogP contribution in [0.3, 0.4) is 0 Å². The van der Waals surface area contributed by atoms with Gasteiger partial charge in [-0.2, -0.15) is 0 Å². The molecule has 1 heterocycles. The molecular weight excluding hydrogens is 569 g/mol. The fraction of sp³-hybridized carbons (Fsp3) is 0.296. The monoisotopic (exact) mass is 601 g/mol. The molecule has 1 fully saturated rings. The van der Waals surface area contributed by atoms with Crippen molar-refractivity contribution in [1.29, 1.82) is 0 Å². The first kappa shape index (κ1) is 29.6. The second-order valence-corrected chi connectivity index (χ2v) is 9.81. The van der Waals surface area contributed by atoms with Crippen molar-refractivity contribution in [2.45, 2.75) is 42.8 Å². The number of rotatable bonds is 9. The fourth-order valence-corrected chi connectivity index (χ4v) is 5.17. The van der Waals surface area contributed by atoms with Crippen LogP contribution in [0, 0.1) is 14.4 Å². The number of benzene rings is 3. The Morgan fingerprint density at radius 3 is 2.09 bits per heavy atom. The molecule has 35 heavy (non-hydrogen) atoms. The Hall–Kier alpha value is -1.60. The number of nitrogens with one attached hydrogen (secondary N) is 1. The summed E-state index contributed by atoms with van der Waals surface area (Å²) in [5, 5.41) is 3.58. The molecule has 1 aliphatic heterocycles. The van der Waals surface area contributed by atoms with Crippen LogP contribution in [0.4, 0.5) is 0 Å². The van der Waals surface area contributed by atoms with Gasteiger partial charge >= 0.3 is 27.0 Å². The van der Waals surface area contributed by atoms with Crippen LogP contribution in [0.5, 0.6) is 0 Å². The summed E-state index contributed by atoms with van der Waals surface area (Å²) < 4.78 is 36.9. The van der Waals surface area contributed by atoms with E-state index in [0.717, 1.165) is 36.1 Å². The van der Waals surface area contributed by atoms with Crippen molar-refractivity contribution < 1.29 is 30.5 Å². The van der Waals surface area contributed by atoms with Gasteiger partial charge in [0.2, 0.25) is 0 Å². The number of hydrogen-bond donors (Lipinski definition) is 1. The van der Waals surface area contributed by atoms with Crippen molar-refractivity contribution in [2.75, 3.05) is 13.2 Å². The Bertz CT molecular complexity index is 1090. The van der Waals surface area contributed by atoms with Crippen LogP contribution in [-0.4, -0.2) is 27.7 Å². The number of aryl methyl sites for hydroxylation is 1. The van der Waals surface area contributed by atoms with Crippen LogP contribution >= 0.6 is 9.69 Å². The van der Waals surface area contributed by atoms with Crippen molar-refractivity contribution in [3.8, 4) is 0 Å². The number of halogens is 1. The third-order valence-corrected chi connectivity index (χ3v) is 7.15. The first-order chi connectivity index (χ1) is 16.5. The summed E-state index contributed by atoms with van der Waals surface area (Å²) in [6, 6.07) is 25.4. The molecule has 0 spiro atoms. The van der Waals surface area contributed by atoms with E-state index >= 15 is 0 Å². The van der Waals surface area contributed by atoms with Gasteiger partial charge in [-0.25, -0.2) is 8.42 Å². The zero-order valence-corrected chi connectivity index (χ0v) is 23.3. The number of ether oxygens (including phenoxy) is 1. The Labute approximate surface area is 224 Å². The molecule has 0 bridgehead atoms. The molecule has 5 nitrogen and oxygen atoms in total. The Kier molecular flexibility index (Phi) is 12.6. The van der Waals surface area contributed by atoms with Crippen molar-refractivity contribution in [2.24, 2.45) is 0 Å². The van der Waals surface area contributed by atoms with E-state index in [9.17, 15) is 8.42 Å². The Balaban J connectivity index is 0.00000140. The summed E-state index contributed by atoms with van der Waals surface area (Å²) in [5.41, 5.74) is 2.84. The number of nitrogens with zero attached hydrogens (tertiary/aromatic N) is 1. The molecular formula is C27H32ClN2O3RuS+. The van der Waals surface area contributed by atoms with Crippen LogP contribution in [-0.2, 0) is 32.1 Å². The topological polar surface area (TPSA) is 69.5 Å². The fourth-order valence-electron chi connectivity index (χ4n) is 4.02. The third-order valence-electron chi connectivity index (χ3n) is 5.78. The average Bonchev–Trinajstić information content (AvgIpc) is 3.40. The number of sulfonamides is 1. The maximum atomic E-state index is 13.3. The second-order valence-electron chi connectivity index (χ2n) is 8.18. The molecule has 0 aromatic heterocycles. The Morgan fingerprint density at radius 1 is 0.971 bits per heavy atom. The van der Waals surface area contributed by atoms with Gasteiger partial charge in [0, 0.05) is 24.1 Å². The van der Waals surface area contributed by atoms with Gasteiger partial charge in [-0.1, -0.05) is 90.0 Å². The molecule has 188 valence electrons. The van der Waals surface area contributed by atoms with Gasteiger partial charge in [-0.05, 0) is 37.5 Å². The van der Waals surface area contributed by atoms with Crippen LogP contribution in [0.1, 0.15) is 41.6 Å². The molecule has 4 rings (SSSR count). The molecule has 2 unspecified atom stereocenters. The molecule has 0 radical (unpaired) electrons. The molecule has 3 aromatic carbocycles. The maximum absolute atomic E-state index is 13.3. The van der Waals surface area contributed by atoms with Gasteiger partial charge in [0.1, 0.15) is 10.0 Å². The van der Waals surface area contributed by atoms with Crippen LogP contribution < -0.4 is 5.32 Å². The summed E-state index contributed by atoms with van der Waals surface area (Å²) >= 11 is 1.82. The van der Waals surface area contributed by atoms with Crippen LogP contribution in [0.25, 0.3) is 4.72 Å². The summed E-state index contributed by atoms with van der Waals surface area (Å²) in [5.74, 6) is 0. The normalized spacial score (nSPS) is 16.9. The van der Waals surface area contributed by atoms with Crippen LogP contribution in [0.2, 0.25) is 0 Å². The first-order valence-electron chi connectivity index (χ1n) is 11.1. The van der Waals surface area contributed by atoms with E-state index in [2.05, 4.69) is 19.7 Å². The van der Waals surface area contributed by atoms with E-state index in [4.69, 9.17) is 4.74 Å². The molecule has 3 atom stereocenters. The van der Waals surface area contributed by atoms with Crippen molar-refractivity contribution in [3.05, 3.63) is 114 Å². The summed E-state index contributed by atoms with van der Waals surface area (Å²) in [7, 11) is 0.708. The average molecular weight is 601 g/mol. The van der Waals surface area contributed by atoms with E-state index in [1.807, 2.05) is 84.9 Å². The second kappa shape index (κ2) is 14.8. The minimum absolute atomic E-state index is 0. The standard InChI is InChI=1S/C26H29N2O3S.CH3.ClH.Ru/c1-20-14-16-24(17-15-20)32(29,30)28-26(22-11-6-3-7-12-22)25(21-9-4-2-5-10-21)27-19-23-13-8-18-31-23;;;/h2-7,9-12,14-17,23,25-27H,8,13,18-19H2,1H3;1H3;1H;/q2*-1;;+4/p-1/t23?,25-,26?;;;/m1.../s1. The SMILES string of the molecule is Cc1ccc(S(=O)(=O)[N-]C(c2ccccc2)[C@H](NCC2CCCO2)c2ccccc2)cc1.[CH3-].[Cl][Ru+3]. The quantitative estimate of drug-likeness (QED) is 0.226.